The van der Waals surface area contributed by atoms with Crippen LogP contribution in [0.5, 0.6) is 5.75 Å². The first kappa shape index (κ1) is 45.7. The number of carbonyl (C=O) groups excluding carboxylic acids is 3. The summed E-state index contributed by atoms with van der Waals surface area (Å²) in [4.78, 5) is 42.8. The fourth-order valence-corrected chi connectivity index (χ4v) is 8.43. The molecule has 10 atom stereocenters. The van der Waals surface area contributed by atoms with E-state index in [0.29, 0.717) is 11.3 Å². The standard InChI is InChI=1S/C51H52FNO12/c1-32-43(58-28-34-15-7-4-8-16-34)46(59-29-35-17-9-5-10-18-35)47(60-30-36-19-11-6-12-20-36)51(62-32)65-45-42(53-48(55)39-21-13-14-22-40(39)49(53)56)50(64-41(27-52)44(45)63-33(2)54)61-31-37-23-25-38(57-3)26-24-37/h4-26,32,41-47,50-51H,27-31H2,1-3H3/t32?,41?,42?,43-,44-,45?,46?,47?,50-,51+/m1/s1. The summed E-state index contributed by atoms with van der Waals surface area (Å²) in [6.45, 7) is 2.22. The molecular weight excluding hydrogens is 838 g/mol. The second-order valence-corrected chi connectivity index (χ2v) is 16.0. The van der Waals surface area contributed by atoms with Crippen molar-refractivity contribution in [3.8, 4) is 5.75 Å². The predicted molar refractivity (Wildman–Crippen MR) is 233 cm³/mol. The number of esters is 1. The number of hydrogen-bond donors (Lipinski definition) is 0. The van der Waals surface area contributed by atoms with Crippen molar-refractivity contribution in [1.29, 1.82) is 0 Å². The number of nitrogens with zero attached hydrogens (tertiary/aromatic N) is 1. The van der Waals surface area contributed by atoms with Crippen LogP contribution in [0, 0.1) is 0 Å². The Morgan fingerprint density at radius 3 is 1.55 bits per heavy atom. The predicted octanol–water partition coefficient (Wildman–Crippen LogP) is 7.39. The minimum atomic E-state index is -1.52. The number of benzene rings is 5. The van der Waals surface area contributed by atoms with Gasteiger partial charge in [0.15, 0.2) is 18.7 Å². The molecular formula is C51H52FNO12. The molecule has 0 saturated carbocycles. The van der Waals surface area contributed by atoms with E-state index in [4.69, 9.17) is 42.6 Å². The van der Waals surface area contributed by atoms with Crippen molar-refractivity contribution in [2.75, 3.05) is 13.8 Å². The first-order chi connectivity index (χ1) is 31.7. The molecule has 14 heteroatoms. The van der Waals surface area contributed by atoms with Gasteiger partial charge in [-0.1, -0.05) is 115 Å². The van der Waals surface area contributed by atoms with E-state index >= 15 is 4.39 Å². The average molecular weight is 890 g/mol. The van der Waals surface area contributed by atoms with Crippen LogP contribution in [-0.4, -0.2) is 97.8 Å². The summed E-state index contributed by atoms with van der Waals surface area (Å²) >= 11 is 0. The van der Waals surface area contributed by atoms with Gasteiger partial charge in [-0.3, -0.25) is 19.3 Å². The van der Waals surface area contributed by atoms with E-state index in [9.17, 15) is 14.4 Å². The number of imide groups is 1. The number of fused-ring (bicyclic) bond motifs is 1. The van der Waals surface area contributed by atoms with Crippen LogP contribution < -0.4 is 4.74 Å². The maximum atomic E-state index is 15.4. The van der Waals surface area contributed by atoms with Gasteiger partial charge >= 0.3 is 5.97 Å². The molecule has 0 bridgehead atoms. The van der Waals surface area contributed by atoms with Crippen LogP contribution in [-0.2, 0) is 69.1 Å². The molecule has 5 aromatic rings. The highest BCUT2D eigenvalue weighted by Gasteiger charge is 2.58. The van der Waals surface area contributed by atoms with Crippen LogP contribution in [0.25, 0.3) is 0 Å². The van der Waals surface area contributed by atoms with E-state index in [2.05, 4.69) is 0 Å². The molecule has 3 heterocycles. The van der Waals surface area contributed by atoms with Gasteiger partial charge in [0.1, 0.15) is 49.0 Å². The van der Waals surface area contributed by atoms with Crippen molar-refractivity contribution in [3.05, 3.63) is 173 Å². The lowest BCUT2D eigenvalue weighted by Gasteiger charge is -2.50. The lowest BCUT2D eigenvalue weighted by atomic mass is 9.94. The SMILES string of the molecule is COc1ccc(CO[C@@H]2OC(CF)[C@@H](OC(C)=O)C(O[C@@H]3OC(C)[C@@H](OCc4ccccc4)C(OCc4ccccc4)C3OCc3ccccc3)C2N2C(=O)c3ccccc3C2=O)cc1. The molecule has 2 fully saturated rings. The Bertz CT molecular complexity index is 2300. The van der Waals surface area contributed by atoms with E-state index < -0.39 is 85.8 Å². The van der Waals surface area contributed by atoms with Crippen LogP contribution in [0.2, 0.25) is 0 Å². The van der Waals surface area contributed by atoms with E-state index in [1.807, 2.05) is 97.9 Å². The van der Waals surface area contributed by atoms with Crippen molar-refractivity contribution in [3.63, 3.8) is 0 Å². The fourth-order valence-electron chi connectivity index (χ4n) is 8.43. The summed E-state index contributed by atoms with van der Waals surface area (Å²) in [5.41, 5.74) is 3.62. The highest BCUT2D eigenvalue weighted by Crippen LogP contribution is 2.39. The third-order valence-electron chi connectivity index (χ3n) is 11.6. The Balaban J connectivity index is 1.20. The number of hydrogen-bond acceptors (Lipinski definition) is 12. The third kappa shape index (κ3) is 10.7. The molecule has 2 amide bonds. The number of methoxy groups -OCH3 is 1. The van der Waals surface area contributed by atoms with Gasteiger partial charge in [-0.25, -0.2) is 4.39 Å². The zero-order valence-corrected chi connectivity index (χ0v) is 36.3. The Morgan fingerprint density at radius 1 is 0.569 bits per heavy atom. The Morgan fingerprint density at radius 2 is 1.05 bits per heavy atom. The molecule has 65 heavy (non-hydrogen) atoms. The second kappa shape index (κ2) is 21.4. The average Bonchev–Trinajstić information content (AvgIpc) is 3.58. The largest absolute Gasteiger partial charge is 0.497 e. The molecule has 6 unspecified atom stereocenters. The smallest absolute Gasteiger partial charge is 0.303 e. The van der Waals surface area contributed by atoms with E-state index in [1.165, 1.54) is 6.92 Å². The van der Waals surface area contributed by atoms with Crippen molar-refractivity contribution >= 4 is 17.8 Å². The Kier molecular flexibility index (Phi) is 15.1. The Hall–Kier alpha value is -5.84. The third-order valence-corrected chi connectivity index (χ3v) is 11.6. The molecule has 0 aliphatic carbocycles. The zero-order chi connectivity index (χ0) is 45.3. The molecule has 0 aromatic heterocycles. The van der Waals surface area contributed by atoms with Crippen LogP contribution >= 0.6 is 0 Å². The maximum Gasteiger partial charge on any atom is 0.303 e. The fraction of sp³-hybridized carbons (Fsp3) is 0.353. The van der Waals surface area contributed by atoms with Gasteiger partial charge in [-0.2, -0.15) is 0 Å². The van der Waals surface area contributed by atoms with Crippen molar-refractivity contribution in [1.82, 2.24) is 4.90 Å². The van der Waals surface area contributed by atoms with Crippen molar-refractivity contribution < 1.29 is 61.4 Å². The normalized spacial score (nSPS) is 26.4. The molecule has 3 aliphatic rings. The summed E-state index contributed by atoms with van der Waals surface area (Å²) in [6.07, 6.45) is -10.7. The van der Waals surface area contributed by atoms with Gasteiger partial charge in [-0.15, -0.1) is 0 Å². The van der Waals surface area contributed by atoms with E-state index in [1.54, 1.807) is 55.6 Å². The first-order valence-electron chi connectivity index (χ1n) is 21.6. The number of carbonyl (C=O) groups is 3. The molecule has 13 nitrogen and oxygen atoms in total. The van der Waals surface area contributed by atoms with Gasteiger partial charge in [0.2, 0.25) is 0 Å². The summed E-state index contributed by atoms with van der Waals surface area (Å²) < 4.78 is 73.2. The monoisotopic (exact) mass is 889 g/mol. The van der Waals surface area contributed by atoms with Crippen molar-refractivity contribution in [2.24, 2.45) is 0 Å². The highest BCUT2D eigenvalue weighted by molar-refractivity contribution is 6.21. The van der Waals surface area contributed by atoms with E-state index in [-0.39, 0.29) is 37.6 Å². The first-order valence-corrected chi connectivity index (χ1v) is 21.6. The van der Waals surface area contributed by atoms with Crippen LogP contribution in [0.15, 0.2) is 140 Å². The number of alkyl halides is 1. The minimum Gasteiger partial charge on any atom is -0.497 e. The molecule has 0 spiro atoms. The summed E-state index contributed by atoms with van der Waals surface area (Å²) in [6, 6.07) is 40.8. The van der Waals surface area contributed by atoms with Gasteiger partial charge in [0.05, 0.1) is 50.8 Å². The van der Waals surface area contributed by atoms with Gasteiger partial charge in [0.25, 0.3) is 11.8 Å². The van der Waals surface area contributed by atoms with Gasteiger partial charge in [0, 0.05) is 6.92 Å². The second-order valence-electron chi connectivity index (χ2n) is 16.0. The number of ether oxygens (including phenoxy) is 9. The van der Waals surface area contributed by atoms with E-state index in [0.717, 1.165) is 21.6 Å². The summed E-state index contributed by atoms with van der Waals surface area (Å²) in [7, 11) is 1.55. The van der Waals surface area contributed by atoms with Crippen LogP contribution in [0.4, 0.5) is 4.39 Å². The Labute approximate surface area is 377 Å². The zero-order valence-electron chi connectivity index (χ0n) is 36.3. The molecule has 3 aliphatic heterocycles. The highest BCUT2D eigenvalue weighted by atomic mass is 19.1. The molecule has 340 valence electrons. The summed E-state index contributed by atoms with van der Waals surface area (Å²) in [5, 5.41) is 0. The number of amides is 2. The lowest BCUT2D eigenvalue weighted by Crippen LogP contribution is -2.69. The lowest BCUT2D eigenvalue weighted by molar-refractivity contribution is -0.358. The number of rotatable bonds is 18. The van der Waals surface area contributed by atoms with Crippen LogP contribution in [0.1, 0.15) is 56.8 Å². The molecule has 2 saturated heterocycles. The van der Waals surface area contributed by atoms with Gasteiger partial charge in [-0.05, 0) is 53.4 Å². The topological polar surface area (TPSA) is 138 Å². The van der Waals surface area contributed by atoms with Gasteiger partial charge < -0.3 is 42.6 Å². The minimum absolute atomic E-state index is 0.0867. The molecule has 8 rings (SSSR count). The van der Waals surface area contributed by atoms with Crippen molar-refractivity contribution in [2.45, 2.75) is 102 Å². The number of halogens is 1. The van der Waals surface area contributed by atoms with Crippen LogP contribution in [0.3, 0.4) is 0 Å². The maximum absolute atomic E-state index is 15.4. The summed E-state index contributed by atoms with van der Waals surface area (Å²) in [5.74, 6) is -1.50. The quantitative estimate of drug-likeness (QED) is 0.0641. The molecule has 0 radical (unpaired) electrons. The molecule has 0 N–H and O–H groups in total. The molecule has 5 aromatic carbocycles.